The second-order valence-corrected chi connectivity index (χ2v) is 4.00. The highest BCUT2D eigenvalue weighted by molar-refractivity contribution is 5.55. The van der Waals surface area contributed by atoms with Gasteiger partial charge in [0.2, 0.25) is 0 Å². The minimum absolute atomic E-state index is 0.174. The Morgan fingerprint density at radius 1 is 1.29 bits per heavy atom. The fourth-order valence-corrected chi connectivity index (χ4v) is 1.47. The zero-order valence-electron chi connectivity index (χ0n) is 9.97. The molecule has 5 nitrogen and oxygen atoms in total. The molecule has 1 aromatic carbocycles. The number of ether oxygens (including phenoxy) is 1. The minimum Gasteiger partial charge on any atom is -0.491 e. The lowest BCUT2D eigenvalue weighted by Gasteiger charge is -2.09. The van der Waals surface area contributed by atoms with Gasteiger partial charge in [-0.15, -0.1) is 0 Å². The van der Waals surface area contributed by atoms with Crippen molar-refractivity contribution in [2.45, 2.75) is 26.5 Å². The van der Waals surface area contributed by atoms with Crippen LogP contribution in [0.2, 0.25) is 0 Å². The van der Waals surface area contributed by atoms with Crippen molar-refractivity contribution in [1.82, 2.24) is 15.2 Å². The fourth-order valence-electron chi connectivity index (χ4n) is 1.47. The van der Waals surface area contributed by atoms with Crippen LogP contribution >= 0.6 is 0 Å². The molecule has 0 unspecified atom stereocenters. The van der Waals surface area contributed by atoms with E-state index in [4.69, 9.17) is 10.5 Å². The van der Waals surface area contributed by atoms with Crippen molar-refractivity contribution in [2.75, 3.05) is 0 Å². The van der Waals surface area contributed by atoms with Crippen molar-refractivity contribution >= 4 is 0 Å². The Balaban J connectivity index is 2.17. The molecular weight excluding hydrogens is 216 g/mol. The molecule has 0 fully saturated rings. The van der Waals surface area contributed by atoms with Crippen LogP contribution in [0.25, 0.3) is 11.4 Å². The van der Waals surface area contributed by atoms with Gasteiger partial charge in [-0.1, -0.05) is 0 Å². The molecule has 0 amide bonds. The predicted molar refractivity (Wildman–Crippen MR) is 65.5 cm³/mol. The first kappa shape index (κ1) is 11.6. The fraction of sp³-hybridized carbons (Fsp3) is 0.333. The number of hydrogen-bond donors (Lipinski definition) is 2. The van der Waals surface area contributed by atoms with Gasteiger partial charge in [-0.25, -0.2) is 4.98 Å². The Labute approximate surface area is 100 Å². The van der Waals surface area contributed by atoms with E-state index in [-0.39, 0.29) is 6.10 Å². The molecule has 5 heteroatoms. The van der Waals surface area contributed by atoms with Crippen LogP contribution in [0.3, 0.4) is 0 Å². The Morgan fingerprint density at radius 2 is 2.00 bits per heavy atom. The van der Waals surface area contributed by atoms with Crippen molar-refractivity contribution in [2.24, 2.45) is 5.73 Å². The van der Waals surface area contributed by atoms with Crippen LogP contribution < -0.4 is 10.5 Å². The number of nitrogens with zero attached hydrogens (tertiary/aromatic N) is 2. The molecule has 0 radical (unpaired) electrons. The van der Waals surface area contributed by atoms with E-state index in [2.05, 4.69) is 15.2 Å². The second-order valence-electron chi connectivity index (χ2n) is 4.00. The summed E-state index contributed by atoms with van der Waals surface area (Å²) in [7, 11) is 0. The van der Waals surface area contributed by atoms with Crippen molar-refractivity contribution < 1.29 is 4.74 Å². The maximum absolute atomic E-state index is 5.56. The molecule has 0 saturated carbocycles. The van der Waals surface area contributed by atoms with Gasteiger partial charge in [0.25, 0.3) is 0 Å². The van der Waals surface area contributed by atoms with Crippen molar-refractivity contribution in [3.63, 3.8) is 0 Å². The Bertz CT molecular complexity index is 476. The number of aromatic amines is 1. The number of benzene rings is 1. The zero-order valence-corrected chi connectivity index (χ0v) is 9.97. The first-order valence-electron chi connectivity index (χ1n) is 5.57. The lowest BCUT2D eigenvalue weighted by molar-refractivity contribution is 0.242. The average Bonchev–Trinajstić information content (AvgIpc) is 2.78. The number of nitrogens with two attached hydrogens (primary N) is 1. The van der Waals surface area contributed by atoms with Crippen LogP contribution in [0.1, 0.15) is 19.7 Å². The first-order chi connectivity index (χ1) is 8.19. The molecule has 0 aliphatic carbocycles. The maximum atomic E-state index is 5.56. The minimum atomic E-state index is 0.174. The second kappa shape index (κ2) is 4.97. The molecule has 0 bridgehead atoms. The summed E-state index contributed by atoms with van der Waals surface area (Å²) < 4.78 is 5.56. The summed E-state index contributed by atoms with van der Waals surface area (Å²) in [5.41, 5.74) is 6.41. The van der Waals surface area contributed by atoms with Gasteiger partial charge in [0.15, 0.2) is 5.82 Å². The summed E-state index contributed by atoms with van der Waals surface area (Å²) in [5.74, 6) is 2.18. The lowest BCUT2D eigenvalue weighted by atomic mass is 10.2. The molecule has 0 atom stereocenters. The van der Waals surface area contributed by atoms with Crippen LogP contribution in [-0.4, -0.2) is 21.3 Å². The molecule has 0 aliphatic heterocycles. The molecular formula is C12H16N4O. The topological polar surface area (TPSA) is 76.8 Å². The van der Waals surface area contributed by atoms with Gasteiger partial charge in [-0.3, -0.25) is 5.10 Å². The van der Waals surface area contributed by atoms with Crippen molar-refractivity contribution in [1.29, 1.82) is 0 Å². The molecule has 0 aliphatic rings. The smallest absolute Gasteiger partial charge is 0.181 e. The van der Waals surface area contributed by atoms with Crippen LogP contribution in [0.5, 0.6) is 5.75 Å². The molecule has 0 spiro atoms. The SMILES string of the molecule is CC(C)Oc1ccc(-c2n[nH]c(CN)n2)cc1. The number of H-pyrrole nitrogens is 1. The van der Waals surface area contributed by atoms with Crippen molar-refractivity contribution in [3.05, 3.63) is 30.1 Å². The highest BCUT2D eigenvalue weighted by atomic mass is 16.5. The normalized spacial score (nSPS) is 10.8. The molecule has 17 heavy (non-hydrogen) atoms. The first-order valence-corrected chi connectivity index (χ1v) is 5.57. The van der Waals surface area contributed by atoms with E-state index in [1.807, 2.05) is 38.1 Å². The van der Waals surface area contributed by atoms with E-state index in [9.17, 15) is 0 Å². The van der Waals surface area contributed by atoms with Gasteiger partial charge in [-0.05, 0) is 38.1 Å². The number of hydrogen-bond acceptors (Lipinski definition) is 4. The summed E-state index contributed by atoms with van der Waals surface area (Å²) in [6.45, 7) is 4.36. The number of rotatable bonds is 4. The third-order valence-electron chi connectivity index (χ3n) is 2.21. The largest absolute Gasteiger partial charge is 0.491 e. The Hall–Kier alpha value is -1.88. The van der Waals surface area contributed by atoms with E-state index in [0.717, 1.165) is 11.3 Å². The van der Waals surface area contributed by atoms with E-state index in [0.29, 0.717) is 18.2 Å². The number of nitrogens with one attached hydrogen (secondary N) is 1. The highest BCUT2D eigenvalue weighted by Gasteiger charge is 2.05. The van der Waals surface area contributed by atoms with Crippen LogP contribution in [0.15, 0.2) is 24.3 Å². The van der Waals surface area contributed by atoms with Crippen LogP contribution in [0, 0.1) is 0 Å². The molecule has 2 rings (SSSR count). The average molecular weight is 232 g/mol. The quantitative estimate of drug-likeness (QED) is 0.841. The zero-order chi connectivity index (χ0) is 12.3. The highest BCUT2D eigenvalue weighted by Crippen LogP contribution is 2.19. The van der Waals surface area contributed by atoms with E-state index in [1.54, 1.807) is 0 Å². The molecule has 2 aromatic rings. The molecule has 1 aromatic heterocycles. The van der Waals surface area contributed by atoms with Crippen LogP contribution in [0.4, 0.5) is 0 Å². The summed E-state index contributed by atoms with van der Waals surface area (Å²) in [4.78, 5) is 4.26. The van der Waals surface area contributed by atoms with E-state index < -0.39 is 0 Å². The molecule has 3 N–H and O–H groups in total. The van der Waals surface area contributed by atoms with Gasteiger partial charge in [-0.2, -0.15) is 5.10 Å². The summed E-state index contributed by atoms with van der Waals surface area (Å²) >= 11 is 0. The molecule has 0 saturated heterocycles. The van der Waals surface area contributed by atoms with Gasteiger partial charge in [0.05, 0.1) is 12.6 Å². The van der Waals surface area contributed by atoms with E-state index in [1.165, 1.54) is 0 Å². The summed E-state index contributed by atoms with van der Waals surface area (Å²) in [6, 6.07) is 7.68. The Kier molecular flexibility index (Phi) is 3.39. The number of aromatic nitrogens is 3. The van der Waals surface area contributed by atoms with E-state index >= 15 is 0 Å². The standard InChI is InChI=1S/C12H16N4O/c1-8(2)17-10-5-3-9(4-6-10)12-14-11(7-13)15-16-12/h3-6,8H,7,13H2,1-2H3,(H,14,15,16). The summed E-state index contributed by atoms with van der Waals surface area (Å²) in [5, 5.41) is 6.87. The predicted octanol–water partition coefficient (Wildman–Crippen LogP) is 1.72. The Morgan fingerprint density at radius 3 is 2.53 bits per heavy atom. The maximum Gasteiger partial charge on any atom is 0.181 e. The van der Waals surface area contributed by atoms with Gasteiger partial charge in [0, 0.05) is 5.56 Å². The lowest BCUT2D eigenvalue weighted by Crippen LogP contribution is -2.05. The summed E-state index contributed by atoms with van der Waals surface area (Å²) in [6.07, 6.45) is 0.174. The third kappa shape index (κ3) is 2.82. The molecule has 90 valence electrons. The van der Waals surface area contributed by atoms with Crippen LogP contribution in [-0.2, 0) is 6.54 Å². The molecule has 1 heterocycles. The third-order valence-corrected chi connectivity index (χ3v) is 2.21. The monoisotopic (exact) mass is 232 g/mol. The van der Waals surface area contributed by atoms with Gasteiger partial charge < -0.3 is 10.5 Å². The van der Waals surface area contributed by atoms with Gasteiger partial charge >= 0.3 is 0 Å². The van der Waals surface area contributed by atoms with Gasteiger partial charge in [0.1, 0.15) is 11.6 Å². The van der Waals surface area contributed by atoms with Crippen molar-refractivity contribution in [3.8, 4) is 17.1 Å².